The van der Waals surface area contributed by atoms with Gasteiger partial charge in [0.2, 0.25) is 5.91 Å². The van der Waals surface area contributed by atoms with E-state index in [0.717, 1.165) is 26.7 Å². The maximum atomic E-state index is 13.6. The van der Waals surface area contributed by atoms with Crippen molar-refractivity contribution in [3.63, 3.8) is 0 Å². The van der Waals surface area contributed by atoms with E-state index in [-0.39, 0.29) is 24.5 Å². The number of hydrogen-bond donors (Lipinski definition) is 1. The van der Waals surface area contributed by atoms with E-state index in [9.17, 15) is 9.59 Å². The molecule has 0 saturated heterocycles. The van der Waals surface area contributed by atoms with Crippen molar-refractivity contribution >= 4 is 27.7 Å². The average Bonchev–Trinajstić information content (AvgIpc) is 2.83. The van der Waals surface area contributed by atoms with Gasteiger partial charge in [-0.05, 0) is 68.1 Å². The Bertz CT molecular complexity index is 1130. The van der Waals surface area contributed by atoms with Crippen LogP contribution in [0.1, 0.15) is 36.1 Å². The second-order valence-electron chi connectivity index (χ2n) is 9.07. The molecule has 184 valence electrons. The summed E-state index contributed by atoms with van der Waals surface area (Å²) in [6.45, 7) is 7.92. The van der Waals surface area contributed by atoms with E-state index in [4.69, 9.17) is 4.74 Å². The van der Waals surface area contributed by atoms with E-state index in [1.807, 2.05) is 100 Å². The first-order chi connectivity index (χ1) is 16.7. The predicted molar refractivity (Wildman–Crippen MR) is 143 cm³/mol. The van der Waals surface area contributed by atoms with E-state index in [1.165, 1.54) is 0 Å². The molecule has 0 aliphatic heterocycles. The van der Waals surface area contributed by atoms with Crippen LogP contribution in [0.3, 0.4) is 0 Å². The summed E-state index contributed by atoms with van der Waals surface area (Å²) in [7, 11) is 0. The van der Waals surface area contributed by atoms with Gasteiger partial charge in [0.25, 0.3) is 5.91 Å². The zero-order valence-electron chi connectivity index (χ0n) is 20.8. The number of carbonyl (C=O) groups is 2. The molecule has 0 heterocycles. The summed E-state index contributed by atoms with van der Waals surface area (Å²) in [6, 6.07) is 22.7. The summed E-state index contributed by atoms with van der Waals surface area (Å²) in [6.07, 6.45) is 0.408. The fourth-order valence-electron chi connectivity index (χ4n) is 3.81. The van der Waals surface area contributed by atoms with Crippen LogP contribution in [0.15, 0.2) is 77.3 Å². The van der Waals surface area contributed by atoms with Crippen LogP contribution in [-0.2, 0) is 22.6 Å². The third-order valence-corrected chi connectivity index (χ3v) is 6.19. The second kappa shape index (κ2) is 12.5. The summed E-state index contributed by atoms with van der Waals surface area (Å²) in [5.74, 6) is 0.253. The van der Waals surface area contributed by atoms with E-state index in [1.54, 1.807) is 4.90 Å². The lowest BCUT2D eigenvalue weighted by molar-refractivity contribution is -0.143. The first-order valence-electron chi connectivity index (χ1n) is 11.8. The minimum atomic E-state index is -0.682. The van der Waals surface area contributed by atoms with Crippen molar-refractivity contribution in [2.24, 2.45) is 0 Å². The van der Waals surface area contributed by atoms with Crippen LogP contribution in [-0.4, -0.2) is 35.4 Å². The zero-order valence-corrected chi connectivity index (χ0v) is 22.3. The standard InChI is InChI=1S/C29H33BrN2O3/c1-20(2)31-29(34)26(17-23-8-6-5-7-9-23)32(18-24-12-14-25(30)15-13-24)28(33)19-35-27-16-21(3)10-11-22(27)4/h5-16,20,26H,17-19H2,1-4H3,(H,31,34). The predicted octanol–water partition coefficient (Wildman–Crippen LogP) is 5.61. The highest BCUT2D eigenvalue weighted by atomic mass is 79.9. The van der Waals surface area contributed by atoms with Gasteiger partial charge in [0.15, 0.2) is 6.61 Å². The maximum absolute atomic E-state index is 13.6. The first-order valence-corrected chi connectivity index (χ1v) is 12.6. The number of amides is 2. The molecule has 3 rings (SSSR count). The highest BCUT2D eigenvalue weighted by molar-refractivity contribution is 9.10. The van der Waals surface area contributed by atoms with Gasteiger partial charge in [0, 0.05) is 23.5 Å². The number of nitrogens with one attached hydrogen (secondary N) is 1. The minimum Gasteiger partial charge on any atom is -0.483 e. The molecule has 5 nitrogen and oxygen atoms in total. The molecule has 0 bridgehead atoms. The molecule has 1 unspecified atom stereocenters. The maximum Gasteiger partial charge on any atom is 0.261 e. The van der Waals surface area contributed by atoms with Gasteiger partial charge >= 0.3 is 0 Å². The number of rotatable bonds is 10. The lowest BCUT2D eigenvalue weighted by atomic mass is 10.0. The molecule has 0 aliphatic carbocycles. The summed E-state index contributed by atoms with van der Waals surface area (Å²) >= 11 is 3.46. The van der Waals surface area contributed by atoms with Crippen LogP contribution in [0.5, 0.6) is 5.75 Å². The molecular weight excluding hydrogens is 504 g/mol. The summed E-state index contributed by atoms with van der Waals surface area (Å²) in [4.78, 5) is 28.6. The smallest absolute Gasteiger partial charge is 0.261 e. The Morgan fingerprint density at radius 3 is 2.29 bits per heavy atom. The molecule has 3 aromatic carbocycles. The van der Waals surface area contributed by atoms with Gasteiger partial charge in [-0.2, -0.15) is 0 Å². The molecule has 0 radical (unpaired) electrons. The van der Waals surface area contributed by atoms with Gasteiger partial charge in [0.05, 0.1) is 0 Å². The Balaban J connectivity index is 1.91. The fourth-order valence-corrected chi connectivity index (χ4v) is 4.07. The number of hydrogen-bond acceptors (Lipinski definition) is 3. The Kier molecular flexibility index (Phi) is 9.49. The third kappa shape index (κ3) is 7.96. The first kappa shape index (κ1) is 26.5. The lowest BCUT2D eigenvalue weighted by Crippen LogP contribution is -2.52. The number of halogens is 1. The van der Waals surface area contributed by atoms with Crippen molar-refractivity contribution in [3.8, 4) is 5.75 Å². The van der Waals surface area contributed by atoms with Gasteiger partial charge in [-0.15, -0.1) is 0 Å². The minimum absolute atomic E-state index is 0.0448. The fraction of sp³-hybridized carbons (Fsp3) is 0.310. The Morgan fingerprint density at radius 1 is 0.943 bits per heavy atom. The highest BCUT2D eigenvalue weighted by Crippen LogP contribution is 2.21. The Labute approximate surface area is 216 Å². The monoisotopic (exact) mass is 536 g/mol. The molecular formula is C29H33BrN2O3. The molecule has 1 N–H and O–H groups in total. The largest absolute Gasteiger partial charge is 0.483 e. The number of ether oxygens (including phenoxy) is 1. The second-order valence-corrected chi connectivity index (χ2v) is 9.99. The summed E-state index contributed by atoms with van der Waals surface area (Å²) in [5, 5.41) is 3.00. The Hall–Kier alpha value is -3.12. The van der Waals surface area contributed by atoms with Gasteiger partial charge in [0.1, 0.15) is 11.8 Å². The van der Waals surface area contributed by atoms with Crippen LogP contribution in [0.4, 0.5) is 0 Å². The summed E-state index contributed by atoms with van der Waals surface area (Å²) in [5.41, 5.74) is 3.94. The molecule has 0 fully saturated rings. The highest BCUT2D eigenvalue weighted by Gasteiger charge is 2.31. The van der Waals surface area contributed by atoms with Crippen molar-refractivity contribution in [3.05, 3.63) is 99.5 Å². The number of benzene rings is 3. The van der Waals surface area contributed by atoms with E-state index in [0.29, 0.717) is 18.7 Å². The van der Waals surface area contributed by atoms with Crippen molar-refractivity contribution < 1.29 is 14.3 Å². The molecule has 0 saturated carbocycles. The molecule has 2 amide bonds. The van der Waals surface area contributed by atoms with Gasteiger partial charge in [-0.1, -0.05) is 70.5 Å². The lowest BCUT2D eigenvalue weighted by Gasteiger charge is -2.32. The molecule has 0 spiro atoms. The van der Waals surface area contributed by atoms with Crippen LogP contribution >= 0.6 is 15.9 Å². The molecule has 0 aromatic heterocycles. The SMILES string of the molecule is Cc1ccc(C)c(OCC(=O)N(Cc2ccc(Br)cc2)C(Cc2ccccc2)C(=O)NC(C)C)c1. The molecule has 35 heavy (non-hydrogen) atoms. The quantitative estimate of drug-likeness (QED) is 0.366. The number of aryl methyl sites for hydroxylation is 2. The van der Waals surface area contributed by atoms with Crippen molar-refractivity contribution in [2.45, 2.75) is 52.7 Å². The summed E-state index contributed by atoms with van der Waals surface area (Å²) < 4.78 is 6.90. The molecule has 6 heteroatoms. The third-order valence-electron chi connectivity index (χ3n) is 5.66. The topological polar surface area (TPSA) is 58.6 Å². The molecule has 1 atom stereocenters. The van der Waals surface area contributed by atoms with Crippen molar-refractivity contribution in [1.29, 1.82) is 0 Å². The molecule has 0 aliphatic rings. The van der Waals surface area contributed by atoms with Crippen molar-refractivity contribution in [2.75, 3.05) is 6.61 Å². The molecule has 3 aromatic rings. The normalized spacial score (nSPS) is 11.7. The average molecular weight is 537 g/mol. The van der Waals surface area contributed by atoms with Crippen molar-refractivity contribution in [1.82, 2.24) is 10.2 Å². The van der Waals surface area contributed by atoms with Crippen LogP contribution in [0.25, 0.3) is 0 Å². The van der Waals surface area contributed by atoms with E-state index < -0.39 is 6.04 Å². The Morgan fingerprint density at radius 2 is 1.63 bits per heavy atom. The van der Waals surface area contributed by atoms with E-state index in [2.05, 4.69) is 21.2 Å². The van der Waals surface area contributed by atoms with Gasteiger partial charge < -0.3 is 15.0 Å². The van der Waals surface area contributed by atoms with Crippen LogP contribution in [0.2, 0.25) is 0 Å². The van der Waals surface area contributed by atoms with Crippen LogP contribution in [0, 0.1) is 13.8 Å². The number of nitrogens with zero attached hydrogens (tertiary/aromatic N) is 1. The van der Waals surface area contributed by atoms with Gasteiger partial charge in [-0.25, -0.2) is 0 Å². The number of carbonyl (C=O) groups excluding carboxylic acids is 2. The van der Waals surface area contributed by atoms with E-state index >= 15 is 0 Å². The zero-order chi connectivity index (χ0) is 25.4. The van der Waals surface area contributed by atoms with Crippen LogP contribution < -0.4 is 10.1 Å². The van der Waals surface area contributed by atoms with Gasteiger partial charge in [-0.3, -0.25) is 9.59 Å².